The lowest BCUT2D eigenvalue weighted by molar-refractivity contribution is 0.513. The number of benzene rings is 8. The maximum Gasteiger partial charge on any atom is 0.0159 e. The van der Waals surface area contributed by atoms with Crippen LogP contribution in [0.1, 0.15) is 48.9 Å². The molecule has 0 heterocycles. The van der Waals surface area contributed by atoms with E-state index in [0.717, 1.165) is 12.8 Å². The normalized spacial score (nSPS) is 17.9. The van der Waals surface area contributed by atoms with Crippen LogP contribution < -0.4 is 10.4 Å². The second kappa shape index (κ2) is 12.4. The predicted octanol–water partition coefficient (Wildman–Crippen LogP) is 12.6. The van der Waals surface area contributed by atoms with E-state index >= 15 is 0 Å². The first-order valence-corrected chi connectivity index (χ1v) is 19.9. The van der Waals surface area contributed by atoms with Crippen molar-refractivity contribution in [2.45, 2.75) is 32.1 Å². The Morgan fingerprint density at radius 2 is 0.945 bits per heavy atom. The van der Waals surface area contributed by atoms with E-state index in [1.807, 2.05) is 0 Å². The van der Waals surface area contributed by atoms with E-state index in [9.17, 15) is 0 Å². The minimum Gasteiger partial charge on any atom is -0.0879 e. The van der Waals surface area contributed by atoms with Crippen LogP contribution >= 0.6 is 0 Å². The van der Waals surface area contributed by atoms with Crippen molar-refractivity contribution in [3.63, 3.8) is 0 Å². The maximum absolute atomic E-state index is 2.54. The van der Waals surface area contributed by atoms with Crippen LogP contribution in [-0.2, 0) is 5.41 Å². The summed E-state index contributed by atoms with van der Waals surface area (Å²) in [4.78, 5) is 0. The molecule has 55 heavy (non-hydrogen) atoms. The molecule has 0 aromatic heterocycles. The average molecular weight is 703 g/mol. The number of fused-ring (bicyclic) bond motifs is 7. The molecule has 0 nitrogen and oxygen atoms in total. The van der Waals surface area contributed by atoms with E-state index in [2.05, 4.69) is 196 Å². The van der Waals surface area contributed by atoms with Gasteiger partial charge >= 0.3 is 0 Å². The maximum atomic E-state index is 2.54. The first-order chi connectivity index (χ1) is 27.1. The van der Waals surface area contributed by atoms with Gasteiger partial charge in [-0.25, -0.2) is 0 Å². The molecular weight excluding hydrogens is 661 g/mol. The van der Waals surface area contributed by atoms with E-state index in [0.29, 0.717) is 11.8 Å². The van der Waals surface area contributed by atoms with Gasteiger partial charge in [0.2, 0.25) is 0 Å². The highest BCUT2D eigenvalue weighted by molar-refractivity contribution is 6.21. The van der Waals surface area contributed by atoms with E-state index in [1.54, 1.807) is 0 Å². The van der Waals surface area contributed by atoms with Crippen LogP contribution in [0.15, 0.2) is 182 Å². The van der Waals surface area contributed by atoms with Crippen molar-refractivity contribution in [2.75, 3.05) is 0 Å². The van der Waals surface area contributed by atoms with E-state index in [1.165, 1.54) is 98.8 Å². The number of hydrogen-bond acceptors (Lipinski definition) is 0. The number of hydrogen-bond donors (Lipinski definition) is 0. The zero-order valence-electron chi connectivity index (χ0n) is 31.4. The van der Waals surface area contributed by atoms with Crippen molar-refractivity contribution in [3.05, 3.63) is 215 Å². The molecule has 0 aliphatic heterocycles. The Balaban J connectivity index is 1.10. The zero-order valence-corrected chi connectivity index (χ0v) is 31.4. The SMILES string of the molecule is CC1(C)c2ccccc2-c2ccc(C3=c4ccccc4=C(c4ccc(-c5c6ccccc6c(-c6ccccc6)c6ccccc56)cc4)C4C=CCCC34)cc21. The predicted molar refractivity (Wildman–Crippen MR) is 232 cm³/mol. The molecule has 0 saturated heterocycles. The van der Waals surface area contributed by atoms with E-state index in [-0.39, 0.29) is 5.41 Å². The van der Waals surface area contributed by atoms with Crippen molar-refractivity contribution in [1.82, 2.24) is 0 Å². The minimum atomic E-state index is -0.0277. The van der Waals surface area contributed by atoms with E-state index in [4.69, 9.17) is 0 Å². The molecule has 0 heteroatoms. The van der Waals surface area contributed by atoms with Crippen LogP contribution in [0.4, 0.5) is 0 Å². The Labute approximate surface area is 323 Å². The summed E-state index contributed by atoms with van der Waals surface area (Å²) in [7, 11) is 0. The van der Waals surface area contributed by atoms with Crippen molar-refractivity contribution in [2.24, 2.45) is 11.8 Å². The first kappa shape index (κ1) is 32.2. The molecule has 11 rings (SSSR count). The molecule has 2 unspecified atom stereocenters. The van der Waals surface area contributed by atoms with Crippen LogP contribution in [0, 0.1) is 11.8 Å². The summed E-state index contributed by atoms with van der Waals surface area (Å²) in [5, 5.41) is 7.92. The van der Waals surface area contributed by atoms with Gasteiger partial charge in [-0.15, -0.1) is 0 Å². The van der Waals surface area contributed by atoms with Crippen LogP contribution in [0.25, 0.3) is 66.1 Å². The van der Waals surface area contributed by atoms with Gasteiger partial charge < -0.3 is 0 Å². The van der Waals surface area contributed by atoms with Crippen molar-refractivity contribution >= 4 is 32.7 Å². The van der Waals surface area contributed by atoms with Crippen molar-refractivity contribution in [1.29, 1.82) is 0 Å². The molecule has 0 radical (unpaired) electrons. The highest BCUT2D eigenvalue weighted by Gasteiger charge is 2.38. The summed E-state index contributed by atoms with van der Waals surface area (Å²) < 4.78 is 0. The Bertz CT molecular complexity index is 2940. The minimum absolute atomic E-state index is 0.0277. The fraction of sp³-hybridized carbons (Fsp3) is 0.127. The smallest absolute Gasteiger partial charge is 0.0159 e. The van der Waals surface area contributed by atoms with Gasteiger partial charge in [0.15, 0.2) is 0 Å². The number of rotatable bonds is 4. The van der Waals surface area contributed by atoms with Gasteiger partial charge in [0.1, 0.15) is 0 Å². The molecule has 0 amide bonds. The molecule has 0 saturated carbocycles. The van der Waals surface area contributed by atoms with E-state index < -0.39 is 0 Å². The topological polar surface area (TPSA) is 0 Å². The molecule has 8 aromatic rings. The Morgan fingerprint density at radius 1 is 0.436 bits per heavy atom. The summed E-state index contributed by atoms with van der Waals surface area (Å²) in [6.45, 7) is 4.79. The van der Waals surface area contributed by atoms with Crippen LogP contribution in [0.2, 0.25) is 0 Å². The van der Waals surface area contributed by atoms with Gasteiger partial charge in [-0.2, -0.15) is 0 Å². The van der Waals surface area contributed by atoms with Crippen molar-refractivity contribution in [3.8, 4) is 33.4 Å². The summed E-state index contributed by atoms with van der Waals surface area (Å²) >= 11 is 0. The second-order valence-corrected chi connectivity index (χ2v) is 16.2. The highest BCUT2D eigenvalue weighted by Crippen LogP contribution is 2.51. The lowest BCUT2D eigenvalue weighted by Crippen LogP contribution is -2.41. The summed E-state index contributed by atoms with van der Waals surface area (Å²) in [5.41, 5.74) is 16.4. The lowest BCUT2D eigenvalue weighted by atomic mass is 9.67. The fourth-order valence-corrected chi connectivity index (χ4v) is 10.5. The molecule has 262 valence electrons. The van der Waals surface area contributed by atoms with Gasteiger partial charge in [-0.1, -0.05) is 190 Å². The van der Waals surface area contributed by atoms with Gasteiger partial charge in [0, 0.05) is 11.3 Å². The average Bonchev–Trinajstić information content (AvgIpc) is 3.47. The quantitative estimate of drug-likeness (QED) is 0.127. The first-order valence-electron chi connectivity index (χ1n) is 19.9. The molecule has 0 spiro atoms. The zero-order chi connectivity index (χ0) is 36.7. The largest absolute Gasteiger partial charge is 0.0879 e. The molecule has 8 aromatic carbocycles. The summed E-state index contributed by atoms with van der Waals surface area (Å²) in [6, 6.07) is 63.9. The lowest BCUT2D eigenvalue weighted by Gasteiger charge is -2.36. The second-order valence-electron chi connectivity index (χ2n) is 16.2. The molecule has 2 atom stereocenters. The molecule has 3 aliphatic rings. The molecule has 0 fully saturated rings. The fourth-order valence-electron chi connectivity index (χ4n) is 10.5. The Morgan fingerprint density at radius 3 is 1.62 bits per heavy atom. The van der Waals surface area contributed by atoms with Crippen LogP contribution in [0.5, 0.6) is 0 Å². The third-order valence-electron chi connectivity index (χ3n) is 13.0. The number of allylic oxidation sites excluding steroid dienone is 2. The van der Waals surface area contributed by atoms with Crippen molar-refractivity contribution < 1.29 is 0 Å². The third-order valence-corrected chi connectivity index (χ3v) is 13.0. The van der Waals surface area contributed by atoms with Gasteiger partial charge in [0.05, 0.1) is 0 Å². The monoisotopic (exact) mass is 702 g/mol. The van der Waals surface area contributed by atoms with Gasteiger partial charge in [-0.05, 0) is 124 Å². The standard InChI is InChI=1S/C55H42/c1-55(2)49-27-15-14-18-39(49)40-33-32-38(34-50(40)55)54-47-25-12-10-23-45(47)53(46-24-11-13-26-48(46)54)37-30-28-36(29-31-37)52-43-21-8-6-19-41(43)51(35-16-4-3-5-17-35)42-20-7-9-22-44(42)52/h3-12,14-25,27-34,46,48H,13,26H2,1-2H3. The molecule has 0 N–H and O–H groups in total. The van der Waals surface area contributed by atoms with Gasteiger partial charge in [-0.3, -0.25) is 0 Å². The molecule has 0 bridgehead atoms. The highest BCUT2D eigenvalue weighted by atomic mass is 14.4. The molecule has 3 aliphatic carbocycles. The Hall–Kier alpha value is -6.24. The van der Waals surface area contributed by atoms with Gasteiger partial charge in [0.25, 0.3) is 0 Å². The van der Waals surface area contributed by atoms with Crippen LogP contribution in [-0.4, -0.2) is 0 Å². The Kier molecular flexibility index (Phi) is 7.26. The summed E-state index contributed by atoms with van der Waals surface area (Å²) in [5.74, 6) is 0.729. The third kappa shape index (κ3) is 4.84. The van der Waals surface area contributed by atoms with Crippen LogP contribution in [0.3, 0.4) is 0 Å². The summed E-state index contributed by atoms with van der Waals surface area (Å²) in [6.07, 6.45) is 7.21. The molecular formula is C55H42.